The summed E-state index contributed by atoms with van der Waals surface area (Å²) in [7, 11) is 0. The number of aryl methyl sites for hydroxylation is 3. The Morgan fingerprint density at radius 1 is 1.26 bits per heavy atom. The SMILES string of the molecule is Cc1cc(C)nc(N2CCOC(CCc3ccnc(N)c3)C2)n1. The van der Waals surface area contributed by atoms with Crippen LogP contribution in [-0.2, 0) is 11.2 Å². The molecule has 0 radical (unpaired) electrons. The molecule has 1 unspecified atom stereocenters. The normalized spacial score (nSPS) is 18.2. The highest BCUT2D eigenvalue weighted by atomic mass is 16.5. The van der Waals surface area contributed by atoms with Crippen LogP contribution in [0.5, 0.6) is 0 Å². The fourth-order valence-electron chi connectivity index (χ4n) is 2.90. The number of nitrogen functional groups attached to an aromatic ring is 1. The van der Waals surface area contributed by atoms with Crippen molar-refractivity contribution in [1.29, 1.82) is 0 Å². The van der Waals surface area contributed by atoms with Gasteiger partial charge in [0.15, 0.2) is 0 Å². The number of aromatic nitrogens is 3. The van der Waals surface area contributed by atoms with Crippen LogP contribution in [0.4, 0.5) is 11.8 Å². The lowest BCUT2D eigenvalue weighted by atomic mass is 10.1. The van der Waals surface area contributed by atoms with Gasteiger partial charge < -0.3 is 15.4 Å². The third kappa shape index (κ3) is 4.16. The summed E-state index contributed by atoms with van der Waals surface area (Å²) in [5.41, 5.74) is 8.93. The summed E-state index contributed by atoms with van der Waals surface area (Å²) >= 11 is 0. The number of hydrogen-bond acceptors (Lipinski definition) is 6. The van der Waals surface area contributed by atoms with Crippen molar-refractivity contribution in [2.75, 3.05) is 30.3 Å². The average molecular weight is 313 g/mol. The molecule has 1 saturated heterocycles. The van der Waals surface area contributed by atoms with Gasteiger partial charge in [-0.1, -0.05) is 0 Å². The zero-order valence-electron chi connectivity index (χ0n) is 13.7. The number of pyridine rings is 1. The van der Waals surface area contributed by atoms with Gasteiger partial charge in [-0.3, -0.25) is 0 Å². The molecule has 3 rings (SSSR count). The van der Waals surface area contributed by atoms with E-state index in [1.165, 1.54) is 5.56 Å². The molecule has 0 aromatic carbocycles. The van der Waals surface area contributed by atoms with Crippen molar-refractivity contribution < 1.29 is 4.74 Å². The van der Waals surface area contributed by atoms with Crippen molar-refractivity contribution in [3.8, 4) is 0 Å². The molecule has 0 aliphatic carbocycles. The summed E-state index contributed by atoms with van der Waals surface area (Å²) in [6, 6.07) is 5.92. The lowest BCUT2D eigenvalue weighted by molar-refractivity contribution is 0.0349. The maximum atomic E-state index is 5.90. The Labute approximate surface area is 136 Å². The van der Waals surface area contributed by atoms with E-state index in [0.717, 1.165) is 43.3 Å². The molecule has 3 heterocycles. The van der Waals surface area contributed by atoms with E-state index in [9.17, 15) is 0 Å². The third-order valence-corrected chi connectivity index (χ3v) is 3.99. The molecule has 2 N–H and O–H groups in total. The maximum absolute atomic E-state index is 5.90. The molecule has 0 saturated carbocycles. The first kappa shape index (κ1) is 15.7. The average Bonchev–Trinajstić information content (AvgIpc) is 2.52. The summed E-state index contributed by atoms with van der Waals surface area (Å²) in [5, 5.41) is 0. The first-order chi connectivity index (χ1) is 11.1. The standard InChI is InChI=1S/C17H23N5O/c1-12-9-13(2)21-17(20-12)22-7-8-23-15(11-22)4-3-14-5-6-19-16(18)10-14/h5-6,9-10,15H,3-4,7-8,11H2,1-2H3,(H2,18,19). The van der Waals surface area contributed by atoms with Gasteiger partial charge in [0, 0.05) is 30.7 Å². The number of nitrogens with zero attached hydrogens (tertiary/aromatic N) is 4. The summed E-state index contributed by atoms with van der Waals surface area (Å²) in [5.74, 6) is 1.38. The summed E-state index contributed by atoms with van der Waals surface area (Å²) in [6.45, 7) is 6.37. The Morgan fingerprint density at radius 3 is 2.78 bits per heavy atom. The Bertz CT molecular complexity index is 656. The van der Waals surface area contributed by atoms with Gasteiger partial charge in [-0.25, -0.2) is 15.0 Å². The van der Waals surface area contributed by atoms with Crippen molar-refractivity contribution >= 4 is 11.8 Å². The van der Waals surface area contributed by atoms with Crippen molar-refractivity contribution in [3.63, 3.8) is 0 Å². The van der Waals surface area contributed by atoms with E-state index in [1.54, 1.807) is 6.20 Å². The lowest BCUT2D eigenvalue weighted by Gasteiger charge is -2.33. The molecule has 122 valence electrons. The Hall–Kier alpha value is -2.21. The topological polar surface area (TPSA) is 77.2 Å². The first-order valence-corrected chi connectivity index (χ1v) is 7.99. The van der Waals surface area contributed by atoms with E-state index < -0.39 is 0 Å². The largest absolute Gasteiger partial charge is 0.384 e. The van der Waals surface area contributed by atoms with Gasteiger partial charge in [-0.05, 0) is 50.5 Å². The molecule has 1 aliphatic rings. The van der Waals surface area contributed by atoms with E-state index in [-0.39, 0.29) is 6.10 Å². The van der Waals surface area contributed by atoms with Gasteiger partial charge >= 0.3 is 0 Å². The van der Waals surface area contributed by atoms with E-state index in [1.807, 2.05) is 32.0 Å². The van der Waals surface area contributed by atoms with Crippen LogP contribution in [0.15, 0.2) is 24.4 Å². The molecule has 0 bridgehead atoms. The highest BCUT2D eigenvalue weighted by molar-refractivity contribution is 5.33. The molecule has 23 heavy (non-hydrogen) atoms. The molecule has 2 aromatic heterocycles. The van der Waals surface area contributed by atoms with E-state index in [4.69, 9.17) is 10.5 Å². The first-order valence-electron chi connectivity index (χ1n) is 7.99. The molecule has 0 amide bonds. The van der Waals surface area contributed by atoms with Gasteiger partial charge in [0.2, 0.25) is 5.95 Å². The van der Waals surface area contributed by atoms with Gasteiger partial charge in [0.1, 0.15) is 5.82 Å². The molecule has 1 fully saturated rings. The smallest absolute Gasteiger partial charge is 0.225 e. The lowest BCUT2D eigenvalue weighted by Crippen LogP contribution is -2.43. The Balaban J connectivity index is 1.61. The van der Waals surface area contributed by atoms with Gasteiger partial charge in [-0.2, -0.15) is 0 Å². The van der Waals surface area contributed by atoms with Crippen LogP contribution in [0.1, 0.15) is 23.4 Å². The minimum atomic E-state index is 0.183. The molecule has 2 aromatic rings. The highest BCUT2D eigenvalue weighted by Gasteiger charge is 2.22. The molecular weight excluding hydrogens is 290 g/mol. The van der Waals surface area contributed by atoms with Crippen molar-refractivity contribution in [2.24, 2.45) is 0 Å². The number of ether oxygens (including phenoxy) is 1. The third-order valence-electron chi connectivity index (χ3n) is 3.99. The summed E-state index contributed by atoms with van der Waals surface area (Å²) < 4.78 is 5.90. The van der Waals surface area contributed by atoms with E-state index in [0.29, 0.717) is 12.4 Å². The molecule has 6 heteroatoms. The fraction of sp³-hybridized carbons (Fsp3) is 0.471. The fourth-order valence-corrected chi connectivity index (χ4v) is 2.90. The minimum Gasteiger partial charge on any atom is -0.384 e. The second-order valence-electron chi connectivity index (χ2n) is 6.02. The number of morpholine rings is 1. The summed E-state index contributed by atoms with van der Waals surface area (Å²) in [4.78, 5) is 15.4. The van der Waals surface area contributed by atoms with Crippen LogP contribution in [-0.4, -0.2) is 40.8 Å². The van der Waals surface area contributed by atoms with Crippen LogP contribution in [0.3, 0.4) is 0 Å². The van der Waals surface area contributed by atoms with Gasteiger partial charge in [-0.15, -0.1) is 0 Å². The predicted molar refractivity (Wildman–Crippen MR) is 90.4 cm³/mol. The second kappa shape index (κ2) is 6.91. The highest BCUT2D eigenvalue weighted by Crippen LogP contribution is 2.17. The molecule has 0 spiro atoms. The van der Waals surface area contributed by atoms with Crippen LogP contribution in [0.2, 0.25) is 0 Å². The zero-order valence-corrected chi connectivity index (χ0v) is 13.7. The maximum Gasteiger partial charge on any atom is 0.225 e. The minimum absolute atomic E-state index is 0.183. The number of rotatable bonds is 4. The van der Waals surface area contributed by atoms with E-state index in [2.05, 4.69) is 19.9 Å². The van der Waals surface area contributed by atoms with Crippen molar-refractivity contribution in [2.45, 2.75) is 32.8 Å². The number of nitrogens with two attached hydrogens (primary N) is 1. The van der Waals surface area contributed by atoms with Crippen LogP contribution in [0, 0.1) is 13.8 Å². The molecule has 1 aliphatic heterocycles. The van der Waals surface area contributed by atoms with E-state index >= 15 is 0 Å². The van der Waals surface area contributed by atoms with Gasteiger partial charge in [0.05, 0.1) is 12.7 Å². The molecule has 6 nitrogen and oxygen atoms in total. The van der Waals surface area contributed by atoms with Crippen LogP contribution >= 0.6 is 0 Å². The van der Waals surface area contributed by atoms with Crippen molar-refractivity contribution in [3.05, 3.63) is 41.3 Å². The summed E-state index contributed by atoms with van der Waals surface area (Å²) in [6.07, 6.45) is 3.81. The van der Waals surface area contributed by atoms with Gasteiger partial charge in [0.25, 0.3) is 0 Å². The Morgan fingerprint density at radius 2 is 2.04 bits per heavy atom. The van der Waals surface area contributed by atoms with Crippen molar-refractivity contribution in [1.82, 2.24) is 15.0 Å². The predicted octanol–water partition coefficient (Wildman–Crippen LogP) is 1.91. The van der Waals surface area contributed by atoms with Crippen LogP contribution in [0.25, 0.3) is 0 Å². The molecular formula is C17H23N5O. The second-order valence-corrected chi connectivity index (χ2v) is 6.02. The zero-order chi connectivity index (χ0) is 16.2. The number of hydrogen-bond donors (Lipinski definition) is 1. The molecule has 1 atom stereocenters. The quantitative estimate of drug-likeness (QED) is 0.929. The van der Waals surface area contributed by atoms with Crippen LogP contribution < -0.4 is 10.6 Å². The Kier molecular flexibility index (Phi) is 4.71. The monoisotopic (exact) mass is 313 g/mol. The number of anilines is 2.